The Balaban J connectivity index is 1.86. The van der Waals surface area contributed by atoms with Crippen molar-refractivity contribution >= 4 is 23.6 Å². The fourth-order valence-electron chi connectivity index (χ4n) is 2.53. The van der Waals surface area contributed by atoms with Crippen LogP contribution in [0.1, 0.15) is 24.8 Å². The van der Waals surface area contributed by atoms with Gasteiger partial charge in [-0.2, -0.15) is 0 Å². The van der Waals surface area contributed by atoms with Gasteiger partial charge in [-0.25, -0.2) is 4.79 Å². The molecule has 1 saturated heterocycles. The summed E-state index contributed by atoms with van der Waals surface area (Å²) in [6, 6.07) is 9.56. The number of rotatable bonds is 5. The van der Waals surface area contributed by atoms with Crippen molar-refractivity contribution in [2.75, 3.05) is 19.0 Å². The van der Waals surface area contributed by atoms with Crippen LogP contribution >= 0.6 is 11.6 Å². The molecule has 1 aromatic rings. The summed E-state index contributed by atoms with van der Waals surface area (Å²) in [7, 11) is 0. The van der Waals surface area contributed by atoms with Crippen molar-refractivity contribution in [1.82, 2.24) is 10.2 Å². The molecule has 0 radical (unpaired) electrons. The Labute approximate surface area is 135 Å². The largest absolute Gasteiger partial charge is 0.445 e. The lowest BCUT2D eigenvalue weighted by atomic mass is 10.0. The summed E-state index contributed by atoms with van der Waals surface area (Å²) >= 11 is 5.47. The number of nitrogens with zero attached hydrogens (tertiary/aromatic N) is 1. The van der Waals surface area contributed by atoms with E-state index in [-0.39, 0.29) is 30.5 Å². The fourth-order valence-corrected chi connectivity index (χ4v) is 2.63. The van der Waals surface area contributed by atoms with E-state index in [0.717, 1.165) is 24.8 Å². The van der Waals surface area contributed by atoms with E-state index in [1.165, 1.54) is 0 Å². The van der Waals surface area contributed by atoms with Crippen LogP contribution in [0.5, 0.6) is 0 Å². The number of nitrogens with one attached hydrogen (secondary N) is 1. The van der Waals surface area contributed by atoms with Crippen molar-refractivity contribution in [3.05, 3.63) is 35.9 Å². The number of carbonyl (C=O) groups is 2. The number of hydrogen-bond donors (Lipinski definition) is 1. The van der Waals surface area contributed by atoms with Crippen molar-refractivity contribution in [1.29, 1.82) is 0 Å². The molecule has 0 aromatic heterocycles. The molecule has 6 heteroatoms. The second-order valence-electron chi connectivity index (χ2n) is 5.32. The van der Waals surface area contributed by atoms with Crippen LogP contribution in [-0.2, 0) is 16.1 Å². The molecular formula is C16H21ClN2O3. The molecule has 2 amide bonds. The lowest BCUT2D eigenvalue weighted by Gasteiger charge is -2.34. The zero-order valence-electron chi connectivity index (χ0n) is 12.5. The van der Waals surface area contributed by atoms with Gasteiger partial charge in [-0.3, -0.25) is 4.79 Å². The van der Waals surface area contributed by atoms with Gasteiger partial charge in [0.1, 0.15) is 12.5 Å². The van der Waals surface area contributed by atoms with Crippen LogP contribution in [0.4, 0.5) is 4.79 Å². The lowest BCUT2D eigenvalue weighted by Crippen LogP contribution is -2.49. The number of benzene rings is 1. The number of carbonyl (C=O) groups excluding carboxylic acids is 2. The van der Waals surface area contributed by atoms with Crippen LogP contribution in [0.3, 0.4) is 0 Å². The van der Waals surface area contributed by atoms with E-state index in [4.69, 9.17) is 16.3 Å². The van der Waals surface area contributed by atoms with Gasteiger partial charge in [-0.15, -0.1) is 11.6 Å². The van der Waals surface area contributed by atoms with Gasteiger partial charge in [0.15, 0.2) is 0 Å². The van der Waals surface area contributed by atoms with Crippen molar-refractivity contribution in [3.8, 4) is 0 Å². The molecule has 5 nitrogen and oxygen atoms in total. The van der Waals surface area contributed by atoms with E-state index >= 15 is 0 Å². The molecule has 2 rings (SSSR count). The summed E-state index contributed by atoms with van der Waals surface area (Å²) < 4.78 is 5.38. The van der Waals surface area contributed by atoms with Crippen molar-refractivity contribution in [2.45, 2.75) is 31.9 Å². The number of likely N-dealkylation sites (tertiary alicyclic amines) is 1. The summed E-state index contributed by atoms with van der Waals surface area (Å²) in [5, 5.41) is 2.74. The van der Waals surface area contributed by atoms with Crippen LogP contribution in [0.25, 0.3) is 0 Å². The first-order valence-electron chi connectivity index (χ1n) is 7.50. The molecule has 0 bridgehead atoms. The number of ether oxygens (including phenoxy) is 1. The molecule has 1 aliphatic rings. The molecule has 1 atom stereocenters. The van der Waals surface area contributed by atoms with E-state index in [1.54, 1.807) is 4.90 Å². The van der Waals surface area contributed by atoms with Crippen molar-refractivity contribution in [3.63, 3.8) is 0 Å². The van der Waals surface area contributed by atoms with E-state index in [1.807, 2.05) is 30.3 Å². The molecule has 0 saturated carbocycles. The quantitative estimate of drug-likeness (QED) is 0.847. The molecule has 1 aromatic carbocycles. The first kappa shape index (κ1) is 16.6. The number of alkyl halides is 1. The second-order valence-corrected chi connectivity index (χ2v) is 5.59. The molecule has 1 fully saturated rings. The molecule has 1 heterocycles. The Hall–Kier alpha value is -1.75. The maximum absolute atomic E-state index is 12.3. The van der Waals surface area contributed by atoms with Crippen LogP contribution < -0.4 is 5.32 Å². The monoisotopic (exact) mass is 324 g/mol. The zero-order chi connectivity index (χ0) is 15.8. The van der Waals surface area contributed by atoms with Gasteiger partial charge >= 0.3 is 6.09 Å². The number of hydrogen-bond acceptors (Lipinski definition) is 3. The summed E-state index contributed by atoms with van der Waals surface area (Å²) in [5.74, 6) is -0.282. The highest BCUT2D eigenvalue weighted by Crippen LogP contribution is 2.18. The SMILES string of the molecule is O=C(CCl)NC[C@@H]1CCCCN1C(=O)OCc1ccccc1. The first-order chi connectivity index (χ1) is 10.7. The third kappa shape index (κ3) is 4.91. The molecule has 0 aliphatic carbocycles. The van der Waals surface area contributed by atoms with Gasteiger partial charge in [0.05, 0.1) is 6.04 Å². The zero-order valence-corrected chi connectivity index (χ0v) is 13.2. The molecule has 120 valence electrons. The minimum atomic E-state index is -0.325. The number of amides is 2. The maximum atomic E-state index is 12.3. The van der Waals surface area contributed by atoms with Gasteiger partial charge in [0.2, 0.25) is 5.91 Å². The van der Waals surface area contributed by atoms with Gasteiger partial charge in [-0.05, 0) is 24.8 Å². The van der Waals surface area contributed by atoms with Crippen LogP contribution in [0, 0.1) is 0 Å². The van der Waals surface area contributed by atoms with Gasteiger partial charge in [-0.1, -0.05) is 30.3 Å². The minimum absolute atomic E-state index is 0.0239. The normalized spacial score (nSPS) is 17.9. The summed E-state index contributed by atoms with van der Waals surface area (Å²) in [5.41, 5.74) is 0.958. The topological polar surface area (TPSA) is 58.6 Å². The van der Waals surface area contributed by atoms with Crippen LogP contribution in [-0.4, -0.2) is 41.9 Å². The number of halogens is 1. The predicted octanol–water partition coefficient (Wildman–Crippen LogP) is 2.53. The van der Waals surface area contributed by atoms with E-state index in [9.17, 15) is 9.59 Å². The highest BCUT2D eigenvalue weighted by atomic mass is 35.5. The van der Waals surface area contributed by atoms with Crippen LogP contribution in [0.2, 0.25) is 0 Å². The Morgan fingerprint density at radius 1 is 1.27 bits per heavy atom. The van der Waals surface area contributed by atoms with Gasteiger partial charge in [0.25, 0.3) is 0 Å². The van der Waals surface area contributed by atoms with Gasteiger partial charge in [0, 0.05) is 13.1 Å². The third-order valence-corrected chi connectivity index (χ3v) is 3.97. The average Bonchev–Trinajstić information content (AvgIpc) is 2.58. The average molecular weight is 325 g/mol. The molecule has 0 unspecified atom stereocenters. The highest BCUT2D eigenvalue weighted by Gasteiger charge is 2.28. The first-order valence-corrected chi connectivity index (χ1v) is 8.04. The minimum Gasteiger partial charge on any atom is -0.445 e. The molecule has 22 heavy (non-hydrogen) atoms. The van der Waals surface area contributed by atoms with Crippen molar-refractivity contribution < 1.29 is 14.3 Å². The van der Waals surface area contributed by atoms with Gasteiger partial charge < -0.3 is 15.0 Å². The fraction of sp³-hybridized carbons (Fsp3) is 0.500. The summed E-state index contributed by atoms with van der Waals surface area (Å²) in [6.07, 6.45) is 2.54. The van der Waals surface area contributed by atoms with Crippen LogP contribution in [0.15, 0.2) is 30.3 Å². The summed E-state index contributed by atoms with van der Waals surface area (Å²) in [4.78, 5) is 25.2. The Morgan fingerprint density at radius 2 is 2.05 bits per heavy atom. The molecular weight excluding hydrogens is 304 g/mol. The number of piperidine rings is 1. The predicted molar refractivity (Wildman–Crippen MR) is 84.7 cm³/mol. The van der Waals surface area contributed by atoms with E-state index in [2.05, 4.69) is 5.32 Å². The third-order valence-electron chi connectivity index (χ3n) is 3.72. The standard InChI is InChI=1S/C16H21ClN2O3/c17-10-15(20)18-11-14-8-4-5-9-19(14)16(21)22-12-13-6-2-1-3-7-13/h1-3,6-7,14H,4-5,8-12H2,(H,18,20)/t14-/m0/s1. The lowest BCUT2D eigenvalue weighted by molar-refractivity contribution is -0.119. The Bertz CT molecular complexity index is 495. The van der Waals surface area contributed by atoms with E-state index in [0.29, 0.717) is 13.1 Å². The smallest absolute Gasteiger partial charge is 0.410 e. The maximum Gasteiger partial charge on any atom is 0.410 e. The summed E-state index contributed by atoms with van der Waals surface area (Å²) in [6.45, 7) is 1.35. The second kappa shape index (κ2) is 8.63. The molecule has 1 N–H and O–H groups in total. The molecule has 1 aliphatic heterocycles. The molecule has 0 spiro atoms. The highest BCUT2D eigenvalue weighted by molar-refractivity contribution is 6.27. The Morgan fingerprint density at radius 3 is 2.77 bits per heavy atom. The Kier molecular flexibility index (Phi) is 6.52. The van der Waals surface area contributed by atoms with E-state index < -0.39 is 0 Å². The van der Waals surface area contributed by atoms with Crippen molar-refractivity contribution in [2.24, 2.45) is 0 Å².